The molecule has 0 radical (unpaired) electrons. The minimum atomic E-state index is -0.0389. The Morgan fingerprint density at radius 3 is 2.23 bits per heavy atom. The molecule has 2 aromatic carbocycles. The first kappa shape index (κ1) is 20.8. The predicted molar refractivity (Wildman–Crippen MR) is 119 cm³/mol. The van der Waals surface area contributed by atoms with Gasteiger partial charge in [0, 0.05) is 39.3 Å². The van der Waals surface area contributed by atoms with E-state index in [4.69, 9.17) is 0 Å². The molecule has 30 heavy (non-hydrogen) atoms. The van der Waals surface area contributed by atoms with Crippen LogP contribution in [0.4, 0.5) is 0 Å². The van der Waals surface area contributed by atoms with E-state index in [-0.39, 0.29) is 17.9 Å². The van der Waals surface area contributed by atoms with Gasteiger partial charge in [0.05, 0.1) is 19.1 Å². The highest BCUT2D eigenvalue weighted by Crippen LogP contribution is 2.24. The Bertz CT molecular complexity index is 880. The highest BCUT2D eigenvalue weighted by atomic mass is 16.2. The number of likely N-dealkylation sites (tertiary alicyclic amines) is 1. The predicted octanol–water partition coefficient (Wildman–Crippen LogP) is 2.26. The van der Waals surface area contributed by atoms with Crippen molar-refractivity contribution in [1.29, 1.82) is 0 Å². The third-order valence-electron chi connectivity index (χ3n) is 6.32. The molecule has 0 aromatic heterocycles. The lowest BCUT2D eigenvalue weighted by molar-refractivity contribution is -0.132. The smallest absolute Gasteiger partial charge is 0.236 e. The van der Waals surface area contributed by atoms with E-state index in [0.717, 1.165) is 57.7 Å². The van der Waals surface area contributed by atoms with Gasteiger partial charge in [-0.1, -0.05) is 42.5 Å². The van der Waals surface area contributed by atoms with Gasteiger partial charge in [-0.3, -0.25) is 19.4 Å². The molecule has 6 nitrogen and oxygen atoms in total. The highest BCUT2D eigenvalue weighted by Gasteiger charge is 2.24. The number of hydrogen-bond acceptors (Lipinski definition) is 4. The molecule has 2 aromatic rings. The quantitative estimate of drug-likeness (QED) is 0.797. The number of carbonyl (C=O) groups is 2. The summed E-state index contributed by atoms with van der Waals surface area (Å²) in [5.74, 6) is 0.305. The maximum Gasteiger partial charge on any atom is 0.236 e. The van der Waals surface area contributed by atoms with Crippen LogP contribution in [0.5, 0.6) is 0 Å². The van der Waals surface area contributed by atoms with Crippen molar-refractivity contribution in [2.75, 3.05) is 52.4 Å². The van der Waals surface area contributed by atoms with Crippen molar-refractivity contribution in [1.82, 2.24) is 20.0 Å². The summed E-state index contributed by atoms with van der Waals surface area (Å²) >= 11 is 0. The molecule has 2 amide bonds. The monoisotopic (exact) mass is 408 g/mol. The SMILES string of the molecule is C[C@H](NC(=O)CN1CCN(CC(=O)N2CCCC2)CC1)c1cccc2ccccc12. The Morgan fingerprint density at radius 1 is 0.867 bits per heavy atom. The largest absolute Gasteiger partial charge is 0.348 e. The fourth-order valence-corrected chi connectivity index (χ4v) is 4.56. The number of benzene rings is 2. The molecule has 4 rings (SSSR count). The van der Waals surface area contributed by atoms with Crippen LogP contribution in [0.3, 0.4) is 0 Å². The highest BCUT2D eigenvalue weighted by molar-refractivity contribution is 5.87. The molecule has 160 valence electrons. The number of carbonyl (C=O) groups excluding carboxylic acids is 2. The maximum atomic E-state index is 12.6. The summed E-state index contributed by atoms with van der Waals surface area (Å²) in [5, 5.41) is 5.54. The van der Waals surface area contributed by atoms with Crippen molar-refractivity contribution in [3.63, 3.8) is 0 Å². The van der Waals surface area contributed by atoms with Crippen LogP contribution in [0.25, 0.3) is 10.8 Å². The Morgan fingerprint density at radius 2 is 1.50 bits per heavy atom. The van der Waals surface area contributed by atoms with Gasteiger partial charge in [-0.15, -0.1) is 0 Å². The molecule has 2 heterocycles. The number of amides is 2. The van der Waals surface area contributed by atoms with Gasteiger partial charge in [0.1, 0.15) is 0 Å². The topological polar surface area (TPSA) is 55.9 Å². The number of nitrogens with zero attached hydrogens (tertiary/aromatic N) is 3. The molecule has 0 bridgehead atoms. The van der Waals surface area contributed by atoms with Crippen molar-refractivity contribution in [2.24, 2.45) is 0 Å². The van der Waals surface area contributed by atoms with Gasteiger partial charge in [-0.25, -0.2) is 0 Å². The molecule has 1 atom stereocenters. The Balaban J connectivity index is 1.24. The van der Waals surface area contributed by atoms with Gasteiger partial charge in [0.15, 0.2) is 0 Å². The molecule has 0 saturated carbocycles. The first-order valence-corrected chi connectivity index (χ1v) is 11.1. The molecule has 2 fully saturated rings. The second kappa shape index (κ2) is 9.58. The van der Waals surface area contributed by atoms with E-state index < -0.39 is 0 Å². The van der Waals surface area contributed by atoms with E-state index in [2.05, 4.69) is 39.4 Å². The Kier molecular flexibility index (Phi) is 6.65. The number of hydrogen-bond donors (Lipinski definition) is 1. The number of rotatable bonds is 6. The van der Waals surface area contributed by atoms with Crippen LogP contribution < -0.4 is 5.32 Å². The molecule has 0 aliphatic carbocycles. The minimum Gasteiger partial charge on any atom is -0.348 e. The van der Waals surface area contributed by atoms with Crippen molar-refractivity contribution >= 4 is 22.6 Å². The van der Waals surface area contributed by atoms with Crippen LogP contribution in [-0.2, 0) is 9.59 Å². The molecule has 1 N–H and O–H groups in total. The van der Waals surface area contributed by atoms with Crippen LogP contribution in [-0.4, -0.2) is 78.9 Å². The first-order chi connectivity index (χ1) is 14.6. The molecule has 2 aliphatic rings. The number of fused-ring (bicyclic) bond motifs is 1. The molecular formula is C24H32N4O2. The molecular weight excluding hydrogens is 376 g/mol. The van der Waals surface area contributed by atoms with Crippen LogP contribution in [0.2, 0.25) is 0 Å². The third-order valence-corrected chi connectivity index (χ3v) is 6.32. The molecule has 0 unspecified atom stereocenters. The zero-order valence-electron chi connectivity index (χ0n) is 17.8. The third kappa shape index (κ3) is 4.99. The van der Waals surface area contributed by atoms with Gasteiger partial charge >= 0.3 is 0 Å². The zero-order valence-corrected chi connectivity index (χ0v) is 17.8. The lowest BCUT2D eigenvalue weighted by Gasteiger charge is -2.34. The summed E-state index contributed by atoms with van der Waals surface area (Å²) in [6.45, 7) is 8.11. The fraction of sp³-hybridized carbons (Fsp3) is 0.500. The van der Waals surface area contributed by atoms with Gasteiger partial charge in [-0.2, -0.15) is 0 Å². The van der Waals surface area contributed by atoms with Crippen molar-refractivity contribution in [3.8, 4) is 0 Å². The Hall–Kier alpha value is -2.44. The van der Waals surface area contributed by atoms with Crippen LogP contribution in [0, 0.1) is 0 Å². The summed E-state index contributed by atoms with van der Waals surface area (Å²) in [6, 6.07) is 14.5. The minimum absolute atomic E-state index is 0.0389. The average molecular weight is 409 g/mol. The van der Waals surface area contributed by atoms with Crippen molar-refractivity contribution < 1.29 is 9.59 Å². The maximum absolute atomic E-state index is 12.6. The standard InChI is InChI=1S/C24H32N4O2/c1-19(21-10-6-8-20-7-2-3-9-22(20)21)25-23(29)17-26-13-15-27(16-14-26)18-24(30)28-11-4-5-12-28/h2-3,6-10,19H,4-5,11-18H2,1H3,(H,25,29)/t19-/m0/s1. The van der Waals surface area contributed by atoms with Gasteiger partial charge in [-0.05, 0) is 36.1 Å². The van der Waals surface area contributed by atoms with Gasteiger partial charge < -0.3 is 10.2 Å². The number of piperazine rings is 1. The van der Waals surface area contributed by atoms with Gasteiger partial charge in [0.25, 0.3) is 0 Å². The van der Waals surface area contributed by atoms with E-state index in [1.807, 2.05) is 30.0 Å². The lowest BCUT2D eigenvalue weighted by Crippen LogP contribution is -2.51. The van der Waals surface area contributed by atoms with Gasteiger partial charge in [0.2, 0.25) is 11.8 Å². The van der Waals surface area contributed by atoms with E-state index in [0.29, 0.717) is 13.1 Å². The summed E-state index contributed by atoms with van der Waals surface area (Å²) < 4.78 is 0. The normalized spacial score (nSPS) is 19.2. The first-order valence-electron chi connectivity index (χ1n) is 11.1. The van der Waals surface area contributed by atoms with E-state index in [1.165, 1.54) is 10.8 Å². The zero-order chi connectivity index (χ0) is 20.9. The summed E-state index contributed by atoms with van der Waals surface area (Å²) in [6.07, 6.45) is 2.26. The Labute approximate surface area is 178 Å². The van der Waals surface area contributed by atoms with Crippen LogP contribution in [0.1, 0.15) is 31.4 Å². The summed E-state index contributed by atoms with van der Waals surface area (Å²) in [5.41, 5.74) is 1.15. The summed E-state index contributed by atoms with van der Waals surface area (Å²) in [7, 11) is 0. The molecule has 6 heteroatoms. The molecule has 2 saturated heterocycles. The fourth-order valence-electron chi connectivity index (χ4n) is 4.56. The van der Waals surface area contributed by atoms with Crippen LogP contribution >= 0.6 is 0 Å². The van der Waals surface area contributed by atoms with Crippen molar-refractivity contribution in [3.05, 3.63) is 48.0 Å². The number of nitrogens with one attached hydrogen (secondary N) is 1. The van der Waals surface area contributed by atoms with E-state index in [1.54, 1.807) is 0 Å². The van der Waals surface area contributed by atoms with Crippen molar-refractivity contribution in [2.45, 2.75) is 25.8 Å². The second-order valence-electron chi connectivity index (χ2n) is 8.50. The second-order valence-corrected chi connectivity index (χ2v) is 8.50. The molecule has 0 spiro atoms. The molecule has 2 aliphatic heterocycles. The van der Waals surface area contributed by atoms with Crippen LogP contribution in [0.15, 0.2) is 42.5 Å². The average Bonchev–Trinajstić information content (AvgIpc) is 3.30. The lowest BCUT2D eigenvalue weighted by atomic mass is 10.00. The van der Waals surface area contributed by atoms with E-state index >= 15 is 0 Å². The van der Waals surface area contributed by atoms with E-state index in [9.17, 15) is 9.59 Å². The summed E-state index contributed by atoms with van der Waals surface area (Å²) in [4.78, 5) is 31.3.